The van der Waals surface area contributed by atoms with Gasteiger partial charge < -0.3 is 39.9 Å². The minimum atomic E-state index is -5.75. The van der Waals surface area contributed by atoms with Gasteiger partial charge in [0.25, 0.3) is 5.91 Å². The number of rotatable bonds is 18. The number of hydrogen-bond donors (Lipinski definition) is 3. The van der Waals surface area contributed by atoms with Gasteiger partial charge in [-0.2, -0.15) is 37.6 Å². The molecule has 0 saturated carbocycles. The van der Waals surface area contributed by atoms with Crippen LogP contribution in [-0.2, 0) is 58.7 Å². The van der Waals surface area contributed by atoms with Gasteiger partial charge in [-0.25, -0.2) is 25.3 Å². The van der Waals surface area contributed by atoms with Gasteiger partial charge in [-0.1, -0.05) is 18.2 Å². The Morgan fingerprint density at radius 3 is 1.90 bits per heavy atom. The van der Waals surface area contributed by atoms with Crippen molar-refractivity contribution in [3.05, 3.63) is 84.8 Å². The Bertz CT molecular complexity index is 3400. The predicted octanol–water partition coefficient (Wildman–Crippen LogP) is -11.2. The number of aromatic hydroxyl groups is 1. The van der Waals surface area contributed by atoms with E-state index in [4.69, 9.17) is 0 Å². The third-order valence-corrected chi connectivity index (χ3v) is 12.6. The molecule has 0 fully saturated rings. The maximum absolute atomic E-state index is 13.6. The van der Waals surface area contributed by atoms with Gasteiger partial charge in [-0.05, 0) is 60.8 Å². The first-order valence-corrected chi connectivity index (χ1v) is 23.0. The standard InChI is InChI=1S/C34H24F2N8O18S5.5Li/c1-14(45)28(43-42-22-11-15(5-10-25(22)65(50,51)52)37-27-13-26(35)39-34(36)40-27)33(47)38-20-8-7-17-19(32(20)67(56,57)58)12-24(64-62-60-49)29(30(17)46)44-41-21-9-6-16-18(31(21)66(53,54)55)3-2-4-23(16)63-61-59-48;;;;;/h2-13,28,46,48-49H,1H3,(H,38,47)(H,37,39,40)(H,50,51,52)(H,53,54,55)(H,56,57,58);;;;;/q;5*+1/p-5. The van der Waals surface area contributed by atoms with Crippen LogP contribution in [0.5, 0.6) is 5.75 Å². The molecule has 3 N–H and O–H groups in total. The van der Waals surface area contributed by atoms with E-state index in [-0.39, 0.29) is 128 Å². The summed E-state index contributed by atoms with van der Waals surface area (Å²) >= 11 is 0.320. The third kappa shape index (κ3) is 16.1. The molecule has 0 spiro atoms. The summed E-state index contributed by atoms with van der Waals surface area (Å²) in [5.74, 6) is -5.47. The van der Waals surface area contributed by atoms with Gasteiger partial charge in [-0.3, -0.25) is 19.7 Å². The molecule has 0 bridgehead atoms. The summed E-state index contributed by atoms with van der Waals surface area (Å²) in [4.78, 5) is 28.6. The molecule has 1 atom stereocenters. The number of ketones is 1. The largest absolute Gasteiger partial charge is 1.00 e. The van der Waals surface area contributed by atoms with E-state index in [1.54, 1.807) is 0 Å². The zero-order valence-electron chi connectivity index (χ0n) is 37.4. The number of aromatic nitrogens is 2. The summed E-state index contributed by atoms with van der Waals surface area (Å²) in [6, 6.07) is 9.36. The van der Waals surface area contributed by atoms with Crippen LogP contribution in [0.25, 0.3) is 21.5 Å². The Balaban J connectivity index is 0.00000518. The number of phenolic OH excluding ortho intramolecular Hbond substituents is 1. The van der Waals surface area contributed by atoms with Crippen molar-refractivity contribution in [2.75, 3.05) is 10.6 Å². The maximum Gasteiger partial charge on any atom is 1.00 e. The van der Waals surface area contributed by atoms with Crippen LogP contribution in [0.3, 0.4) is 0 Å². The summed E-state index contributed by atoms with van der Waals surface area (Å²) in [5.41, 5.74) is -3.25. The first-order valence-electron chi connectivity index (χ1n) is 17.3. The quantitative estimate of drug-likeness (QED) is 0.00828. The molecule has 0 aliphatic rings. The minimum Gasteiger partial charge on any atom is -0.744 e. The van der Waals surface area contributed by atoms with E-state index < -0.39 is 125 Å². The van der Waals surface area contributed by atoms with Crippen LogP contribution >= 0.6 is 24.1 Å². The topological polar surface area (TPSA) is 408 Å². The van der Waals surface area contributed by atoms with Gasteiger partial charge in [0.2, 0.25) is 12.0 Å². The van der Waals surface area contributed by atoms with Crippen LogP contribution in [0.2, 0.25) is 0 Å². The number of anilines is 3. The fourth-order valence-electron chi connectivity index (χ4n) is 5.96. The zero-order valence-corrected chi connectivity index (χ0v) is 41.5. The summed E-state index contributed by atoms with van der Waals surface area (Å²) in [6.07, 6.45) is -1.49. The predicted molar refractivity (Wildman–Crippen MR) is 213 cm³/mol. The number of amides is 1. The van der Waals surface area contributed by atoms with Gasteiger partial charge in [0.05, 0.1) is 49.4 Å². The molecule has 1 unspecified atom stereocenters. The van der Waals surface area contributed by atoms with Crippen LogP contribution in [0, 0.1) is 12.0 Å². The fourth-order valence-corrected chi connectivity index (χ4v) is 9.17. The van der Waals surface area contributed by atoms with E-state index in [0.717, 1.165) is 43.3 Å². The van der Waals surface area contributed by atoms with E-state index in [1.807, 2.05) is 5.32 Å². The molecule has 5 aromatic carbocycles. The van der Waals surface area contributed by atoms with E-state index in [9.17, 15) is 72.9 Å². The molecular formula is C34H19F2Li5N8O18S5. The smallest absolute Gasteiger partial charge is 0.744 e. The molecule has 38 heteroatoms. The summed E-state index contributed by atoms with van der Waals surface area (Å²) < 4.78 is 148. The average molecular weight is 1060 g/mol. The molecule has 6 aromatic rings. The third-order valence-electron chi connectivity index (χ3n) is 8.54. The van der Waals surface area contributed by atoms with Crippen molar-refractivity contribution in [2.45, 2.75) is 37.4 Å². The number of Topliss-reactive ketones (excluding diaryl/α,β-unsaturated/α-hetero) is 1. The van der Waals surface area contributed by atoms with Crippen molar-refractivity contribution in [3.8, 4) is 5.75 Å². The second-order valence-corrected chi connectivity index (χ2v) is 18.2. The molecule has 72 heavy (non-hydrogen) atoms. The van der Waals surface area contributed by atoms with Gasteiger partial charge in [-0.15, -0.1) is 10.2 Å². The number of halogens is 2. The van der Waals surface area contributed by atoms with Crippen LogP contribution < -0.4 is 115 Å². The Labute approximate surface area is 472 Å². The van der Waals surface area contributed by atoms with Gasteiger partial charge >= 0.3 is 100 Å². The van der Waals surface area contributed by atoms with Crippen molar-refractivity contribution in [3.63, 3.8) is 0 Å². The summed E-state index contributed by atoms with van der Waals surface area (Å²) in [5, 5.41) is 56.9. The SMILES string of the molecule is CC(=O)C(N=Nc1cc(Nc2cc(F)nc(F)n2)ccc1S(=O)(=O)[O-])C(=O)Nc1ccc2c(O)c(N=Nc3ccc4c(SOO[O-])cccc4c3S(=O)(=O)[O-])c(SOO[O-])cc2c1S(=O)(=O)[O-].[Li+].[Li+].[Li+].[Li+].[Li+]. The Morgan fingerprint density at radius 2 is 1.32 bits per heavy atom. The number of nitrogens with zero attached hydrogens (tertiary/aromatic N) is 6. The molecular weight excluding hydrogens is 1040 g/mol. The molecule has 0 aliphatic heterocycles. The number of carbonyl (C=O) groups excluding carboxylic acids is 2. The normalized spacial score (nSPS) is 12.0. The number of benzene rings is 5. The number of phenols is 1. The molecule has 0 aliphatic carbocycles. The Kier molecular flexibility index (Phi) is 25.9. The van der Waals surface area contributed by atoms with Crippen molar-refractivity contribution in [2.24, 2.45) is 20.5 Å². The van der Waals surface area contributed by atoms with Gasteiger partial charge in [0, 0.05) is 32.8 Å². The number of hydrogen-bond acceptors (Lipinski definition) is 27. The fraction of sp³-hybridized carbons (Fsp3) is 0.0588. The van der Waals surface area contributed by atoms with Crippen LogP contribution in [-0.4, -0.2) is 71.7 Å². The van der Waals surface area contributed by atoms with Crippen molar-refractivity contribution < 1.29 is 186 Å². The van der Waals surface area contributed by atoms with Crippen molar-refractivity contribution in [1.82, 2.24) is 9.97 Å². The van der Waals surface area contributed by atoms with Crippen molar-refractivity contribution in [1.29, 1.82) is 0 Å². The van der Waals surface area contributed by atoms with E-state index >= 15 is 0 Å². The number of nitrogens with one attached hydrogen (secondary N) is 2. The molecule has 0 radical (unpaired) electrons. The second kappa shape index (κ2) is 28.0. The van der Waals surface area contributed by atoms with E-state index in [2.05, 4.69) is 54.5 Å². The first kappa shape index (κ1) is 66.7. The monoisotopic (exact) mass is 1060 g/mol. The molecule has 1 heterocycles. The number of fused-ring (bicyclic) bond motifs is 2. The molecule has 1 aromatic heterocycles. The Hall–Kier alpha value is -3.32. The maximum atomic E-state index is 13.6. The van der Waals surface area contributed by atoms with Crippen LogP contribution in [0.4, 0.5) is 43.0 Å². The number of carbonyl (C=O) groups is 2. The molecule has 26 nitrogen and oxygen atoms in total. The van der Waals surface area contributed by atoms with E-state index in [1.165, 1.54) is 24.3 Å². The summed E-state index contributed by atoms with van der Waals surface area (Å²) in [6.45, 7) is 0.789. The van der Waals surface area contributed by atoms with Crippen molar-refractivity contribution >= 4 is 122 Å². The average Bonchev–Trinajstić information content (AvgIpc) is 3.22. The Morgan fingerprint density at radius 1 is 0.694 bits per heavy atom. The molecule has 352 valence electrons. The van der Waals surface area contributed by atoms with E-state index in [0.29, 0.717) is 24.2 Å². The molecule has 1 amide bonds. The molecule has 0 saturated heterocycles. The van der Waals surface area contributed by atoms with Gasteiger partial charge in [0.15, 0.2) is 11.5 Å². The minimum absolute atomic E-state index is 0. The van der Waals surface area contributed by atoms with Crippen LogP contribution in [0.15, 0.2) is 118 Å². The molecule has 6 rings (SSSR count). The first-order chi connectivity index (χ1) is 31.5. The second-order valence-electron chi connectivity index (χ2n) is 12.7. The van der Waals surface area contributed by atoms with Crippen LogP contribution in [0.1, 0.15) is 6.92 Å². The number of azo groups is 2. The summed E-state index contributed by atoms with van der Waals surface area (Å²) in [7, 11) is -16.5. The zero-order chi connectivity index (χ0) is 49.0. The van der Waals surface area contributed by atoms with Gasteiger partial charge in [0.1, 0.15) is 53.2 Å².